The van der Waals surface area contributed by atoms with E-state index in [0.29, 0.717) is 12.5 Å². The topological polar surface area (TPSA) is 58.4 Å². The van der Waals surface area contributed by atoms with Gasteiger partial charge in [-0.1, -0.05) is 34.6 Å². The molecule has 4 nitrogen and oxygen atoms in total. The van der Waals surface area contributed by atoms with Gasteiger partial charge in [0.25, 0.3) is 0 Å². The van der Waals surface area contributed by atoms with Crippen molar-refractivity contribution < 1.29 is 4.79 Å². The Bertz CT molecular complexity index is 269. The van der Waals surface area contributed by atoms with Crippen molar-refractivity contribution in [1.82, 2.24) is 10.2 Å². The van der Waals surface area contributed by atoms with Crippen LogP contribution in [0.1, 0.15) is 41.0 Å². The molecule has 0 saturated heterocycles. The van der Waals surface area contributed by atoms with Crippen molar-refractivity contribution >= 4 is 5.91 Å². The van der Waals surface area contributed by atoms with Gasteiger partial charge in [-0.2, -0.15) is 0 Å². The van der Waals surface area contributed by atoms with Gasteiger partial charge in [-0.25, -0.2) is 0 Å². The first-order valence-corrected chi connectivity index (χ1v) is 7.22. The Morgan fingerprint density at radius 3 is 2.11 bits per heavy atom. The minimum Gasteiger partial charge on any atom is -0.352 e. The van der Waals surface area contributed by atoms with E-state index in [2.05, 4.69) is 44.8 Å². The summed E-state index contributed by atoms with van der Waals surface area (Å²) in [5, 5.41) is 3.16. The lowest BCUT2D eigenvalue weighted by Crippen LogP contribution is -2.48. The molecule has 0 aliphatic rings. The van der Waals surface area contributed by atoms with Crippen LogP contribution in [0.5, 0.6) is 0 Å². The number of rotatable bonds is 7. The van der Waals surface area contributed by atoms with E-state index in [1.165, 1.54) is 0 Å². The van der Waals surface area contributed by atoms with E-state index in [0.717, 1.165) is 13.0 Å². The summed E-state index contributed by atoms with van der Waals surface area (Å²) < 4.78 is 0. The van der Waals surface area contributed by atoms with Gasteiger partial charge in [0.05, 0.1) is 5.92 Å². The van der Waals surface area contributed by atoms with Crippen molar-refractivity contribution in [2.75, 3.05) is 27.2 Å². The molecule has 0 radical (unpaired) electrons. The molecule has 4 heteroatoms. The first kappa shape index (κ1) is 18.4. The van der Waals surface area contributed by atoms with Crippen molar-refractivity contribution in [3.05, 3.63) is 0 Å². The quantitative estimate of drug-likeness (QED) is 0.741. The third kappa shape index (κ3) is 8.22. The number of amides is 1. The second kappa shape index (κ2) is 7.85. The zero-order chi connectivity index (χ0) is 15.2. The van der Waals surface area contributed by atoms with Crippen LogP contribution < -0.4 is 11.1 Å². The van der Waals surface area contributed by atoms with E-state index in [-0.39, 0.29) is 23.3 Å². The minimum atomic E-state index is -0.0941. The Kier molecular flexibility index (Phi) is 7.60. The second-order valence-corrected chi connectivity index (χ2v) is 7.32. The molecule has 0 saturated carbocycles. The summed E-state index contributed by atoms with van der Waals surface area (Å²) in [7, 11) is 4.05. The second-order valence-electron chi connectivity index (χ2n) is 7.32. The van der Waals surface area contributed by atoms with Crippen LogP contribution in [0.3, 0.4) is 0 Å². The zero-order valence-electron chi connectivity index (χ0n) is 13.8. The Balaban J connectivity index is 4.60. The number of carbonyl (C=O) groups excluding carboxylic acids is 1. The van der Waals surface area contributed by atoms with Gasteiger partial charge < -0.3 is 16.0 Å². The molecule has 19 heavy (non-hydrogen) atoms. The standard InChI is InChI=1S/C15H33N3O/c1-11(2)13(10-18(6)7)17-14(19)12(9-16)8-15(3,4)5/h11-13H,8-10,16H2,1-7H3,(H,17,19). The molecule has 0 fully saturated rings. The molecule has 0 aliphatic heterocycles. The molecule has 0 rings (SSSR count). The molecule has 0 heterocycles. The Hall–Kier alpha value is -0.610. The molecule has 1 amide bonds. The molecule has 0 aliphatic carbocycles. The number of likely N-dealkylation sites (N-methyl/N-ethyl adjacent to an activating group) is 1. The maximum Gasteiger partial charge on any atom is 0.224 e. The molecule has 0 bridgehead atoms. The van der Waals surface area contributed by atoms with E-state index in [1.54, 1.807) is 0 Å². The van der Waals surface area contributed by atoms with Gasteiger partial charge in [-0.15, -0.1) is 0 Å². The summed E-state index contributed by atoms with van der Waals surface area (Å²) in [4.78, 5) is 14.4. The third-order valence-electron chi connectivity index (χ3n) is 3.21. The van der Waals surface area contributed by atoms with Crippen LogP contribution in [-0.4, -0.2) is 44.0 Å². The summed E-state index contributed by atoms with van der Waals surface area (Å²) in [6, 6.07) is 0.177. The van der Waals surface area contributed by atoms with Gasteiger partial charge in [0.1, 0.15) is 0 Å². The molecular weight excluding hydrogens is 238 g/mol. The smallest absolute Gasteiger partial charge is 0.224 e. The first-order valence-electron chi connectivity index (χ1n) is 7.22. The van der Waals surface area contributed by atoms with Crippen LogP contribution in [0.15, 0.2) is 0 Å². The van der Waals surface area contributed by atoms with E-state index in [4.69, 9.17) is 5.73 Å². The number of hydrogen-bond acceptors (Lipinski definition) is 3. The summed E-state index contributed by atoms with van der Waals surface area (Å²) in [5.41, 5.74) is 5.88. The predicted molar refractivity (Wildman–Crippen MR) is 81.9 cm³/mol. The molecule has 0 aromatic carbocycles. The zero-order valence-corrected chi connectivity index (χ0v) is 13.8. The lowest BCUT2D eigenvalue weighted by molar-refractivity contribution is -0.126. The van der Waals surface area contributed by atoms with Crippen molar-refractivity contribution in [1.29, 1.82) is 0 Å². The van der Waals surface area contributed by atoms with Crippen LogP contribution in [0.25, 0.3) is 0 Å². The van der Waals surface area contributed by atoms with Gasteiger partial charge in [0, 0.05) is 19.1 Å². The highest BCUT2D eigenvalue weighted by molar-refractivity contribution is 5.79. The van der Waals surface area contributed by atoms with Crippen molar-refractivity contribution in [3.63, 3.8) is 0 Å². The lowest BCUT2D eigenvalue weighted by atomic mass is 9.84. The third-order valence-corrected chi connectivity index (χ3v) is 3.21. The number of hydrogen-bond donors (Lipinski definition) is 2. The van der Waals surface area contributed by atoms with Gasteiger partial charge in [-0.3, -0.25) is 4.79 Å². The molecule has 0 spiro atoms. The van der Waals surface area contributed by atoms with Crippen LogP contribution in [0.2, 0.25) is 0 Å². The Labute approximate surface area is 119 Å². The van der Waals surface area contributed by atoms with Gasteiger partial charge in [0.2, 0.25) is 5.91 Å². The average molecular weight is 271 g/mol. The van der Waals surface area contributed by atoms with E-state index >= 15 is 0 Å². The normalized spacial score (nSPS) is 15.7. The highest BCUT2D eigenvalue weighted by Gasteiger charge is 2.26. The number of nitrogens with one attached hydrogen (secondary N) is 1. The maximum absolute atomic E-state index is 12.3. The molecular formula is C15H33N3O. The SMILES string of the molecule is CC(C)C(CN(C)C)NC(=O)C(CN)CC(C)(C)C. The van der Waals surface area contributed by atoms with E-state index in [9.17, 15) is 4.79 Å². The van der Waals surface area contributed by atoms with Crippen LogP contribution in [0.4, 0.5) is 0 Å². The largest absolute Gasteiger partial charge is 0.352 e. The Morgan fingerprint density at radius 1 is 1.26 bits per heavy atom. The summed E-state index contributed by atoms with van der Waals surface area (Å²) in [6.07, 6.45) is 0.822. The molecule has 2 unspecified atom stereocenters. The van der Waals surface area contributed by atoms with Crippen molar-refractivity contribution in [2.45, 2.75) is 47.1 Å². The number of nitrogens with two attached hydrogens (primary N) is 1. The predicted octanol–water partition coefficient (Wildman–Crippen LogP) is 1.70. The summed E-state index contributed by atoms with van der Waals surface area (Å²) >= 11 is 0. The summed E-state index contributed by atoms with van der Waals surface area (Å²) in [6.45, 7) is 12.0. The molecule has 0 aromatic heterocycles. The average Bonchev–Trinajstić information content (AvgIpc) is 2.22. The number of nitrogens with zero attached hydrogens (tertiary/aromatic N) is 1. The highest BCUT2D eigenvalue weighted by atomic mass is 16.2. The molecule has 0 aromatic rings. The molecule has 3 N–H and O–H groups in total. The van der Waals surface area contributed by atoms with Crippen molar-refractivity contribution in [3.8, 4) is 0 Å². The van der Waals surface area contributed by atoms with Crippen LogP contribution >= 0.6 is 0 Å². The fraction of sp³-hybridized carbons (Fsp3) is 0.933. The fourth-order valence-corrected chi connectivity index (χ4v) is 2.14. The van der Waals surface area contributed by atoms with E-state index < -0.39 is 0 Å². The molecule has 114 valence electrons. The van der Waals surface area contributed by atoms with E-state index in [1.807, 2.05) is 14.1 Å². The Morgan fingerprint density at radius 2 is 1.79 bits per heavy atom. The molecule has 2 atom stereocenters. The monoisotopic (exact) mass is 271 g/mol. The van der Waals surface area contributed by atoms with Crippen LogP contribution in [0, 0.1) is 17.3 Å². The van der Waals surface area contributed by atoms with Gasteiger partial charge in [-0.05, 0) is 31.8 Å². The fourth-order valence-electron chi connectivity index (χ4n) is 2.14. The maximum atomic E-state index is 12.3. The minimum absolute atomic E-state index is 0.0941. The van der Waals surface area contributed by atoms with Crippen LogP contribution in [-0.2, 0) is 4.79 Å². The first-order chi connectivity index (χ1) is 8.56. The highest BCUT2D eigenvalue weighted by Crippen LogP contribution is 2.24. The van der Waals surface area contributed by atoms with Crippen molar-refractivity contribution in [2.24, 2.45) is 23.0 Å². The van der Waals surface area contributed by atoms with Gasteiger partial charge >= 0.3 is 0 Å². The lowest BCUT2D eigenvalue weighted by Gasteiger charge is -2.29. The summed E-state index contributed by atoms with van der Waals surface area (Å²) in [5.74, 6) is 0.417. The number of carbonyl (C=O) groups is 1. The van der Waals surface area contributed by atoms with Gasteiger partial charge in [0.15, 0.2) is 0 Å².